The summed E-state index contributed by atoms with van der Waals surface area (Å²) < 4.78 is 7.93. The van der Waals surface area contributed by atoms with Crippen LogP contribution in [-0.2, 0) is 18.3 Å². The number of nitrogens with zero attached hydrogens (tertiary/aromatic N) is 3. The Kier molecular flexibility index (Phi) is 6.24. The van der Waals surface area contributed by atoms with Crippen molar-refractivity contribution >= 4 is 0 Å². The molecule has 1 aromatic carbocycles. The lowest BCUT2D eigenvalue weighted by Crippen LogP contribution is -2.36. The van der Waals surface area contributed by atoms with Gasteiger partial charge in [0.05, 0.1) is 18.9 Å². The van der Waals surface area contributed by atoms with E-state index in [4.69, 9.17) is 4.74 Å². The summed E-state index contributed by atoms with van der Waals surface area (Å²) in [4.78, 5) is 2.34. The summed E-state index contributed by atoms with van der Waals surface area (Å²) in [6, 6.07) is 8.65. The maximum atomic E-state index is 9.49. The average Bonchev–Trinajstić information content (AvgIpc) is 3.04. The van der Waals surface area contributed by atoms with E-state index in [1.165, 1.54) is 11.1 Å². The number of aryl methyl sites for hydroxylation is 2. The first-order chi connectivity index (χ1) is 12.2. The molecule has 5 heteroatoms. The van der Waals surface area contributed by atoms with Crippen LogP contribution in [0.2, 0.25) is 0 Å². The number of rotatable bonds is 7. The summed E-state index contributed by atoms with van der Waals surface area (Å²) in [6.45, 7) is 5.56. The minimum Gasteiger partial charge on any atom is -0.395 e. The zero-order chi connectivity index (χ0) is 17.6. The number of benzene rings is 1. The third-order valence-corrected chi connectivity index (χ3v) is 4.93. The fraction of sp³-hybridized carbons (Fsp3) is 0.550. The van der Waals surface area contributed by atoms with Gasteiger partial charge in [-0.1, -0.05) is 29.8 Å². The van der Waals surface area contributed by atoms with Crippen molar-refractivity contribution in [1.29, 1.82) is 0 Å². The van der Waals surface area contributed by atoms with Gasteiger partial charge in [-0.3, -0.25) is 9.58 Å². The molecule has 136 valence electrons. The molecule has 0 radical (unpaired) electrons. The van der Waals surface area contributed by atoms with Gasteiger partial charge in [0.15, 0.2) is 0 Å². The summed E-state index contributed by atoms with van der Waals surface area (Å²) in [7, 11) is 1.94. The number of aromatic nitrogens is 2. The van der Waals surface area contributed by atoms with E-state index in [0.717, 1.165) is 38.1 Å². The third-order valence-electron chi connectivity index (χ3n) is 4.93. The van der Waals surface area contributed by atoms with E-state index in [-0.39, 0.29) is 12.7 Å². The summed E-state index contributed by atoms with van der Waals surface area (Å²) in [5.41, 5.74) is 3.72. The molecule has 1 aliphatic heterocycles. The second kappa shape index (κ2) is 8.61. The summed E-state index contributed by atoms with van der Waals surface area (Å²) >= 11 is 0. The van der Waals surface area contributed by atoms with Gasteiger partial charge in [0, 0.05) is 51.0 Å². The topological polar surface area (TPSA) is 50.5 Å². The normalized spacial score (nSPS) is 21.0. The largest absolute Gasteiger partial charge is 0.395 e. The monoisotopic (exact) mass is 343 g/mol. The lowest BCUT2D eigenvalue weighted by molar-refractivity contribution is -0.0409. The van der Waals surface area contributed by atoms with Crippen molar-refractivity contribution in [2.45, 2.75) is 32.4 Å². The highest BCUT2D eigenvalue weighted by atomic mass is 16.5. The highest BCUT2D eigenvalue weighted by molar-refractivity contribution is 5.21. The molecule has 0 saturated carbocycles. The molecule has 2 atom stereocenters. The predicted molar refractivity (Wildman–Crippen MR) is 98.2 cm³/mol. The molecule has 1 aromatic heterocycles. The fourth-order valence-electron chi connectivity index (χ4n) is 3.65. The lowest BCUT2D eigenvalue weighted by atomic mass is 9.90. The van der Waals surface area contributed by atoms with E-state index in [2.05, 4.69) is 47.4 Å². The van der Waals surface area contributed by atoms with Crippen molar-refractivity contribution in [2.24, 2.45) is 13.0 Å². The van der Waals surface area contributed by atoms with Crippen molar-refractivity contribution in [2.75, 3.05) is 26.3 Å². The molecule has 25 heavy (non-hydrogen) atoms. The molecule has 1 fully saturated rings. The Morgan fingerprint density at radius 1 is 1.32 bits per heavy atom. The molecule has 0 bridgehead atoms. The highest BCUT2D eigenvalue weighted by Crippen LogP contribution is 2.34. The minimum absolute atomic E-state index is 0.0988. The first kappa shape index (κ1) is 18.1. The standard InChI is InChI=1S/C20H29N3O2/c1-16-5-7-17(8-6-16)13-23(9-10-24)15-18-4-3-11-25-20(18)19-12-21-22(2)14-19/h5-8,12,14,18,20,24H,3-4,9-11,13,15H2,1-2H3/t18-,20+/m0/s1. The van der Waals surface area contributed by atoms with Crippen LogP contribution in [0.15, 0.2) is 36.7 Å². The third kappa shape index (κ3) is 4.91. The van der Waals surface area contributed by atoms with Crippen LogP contribution in [0, 0.1) is 12.8 Å². The van der Waals surface area contributed by atoms with Crippen LogP contribution in [0.25, 0.3) is 0 Å². The molecule has 2 heterocycles. The summed E-state index contributed by atoms with van der Waals surface area (Å²) in [6.07, 6.45) is 6.31. The van der Waals surface area contributed by atoms with Gasteiger partial charge in [0.1, 0.15) is 0 Å². The molecular weight excluding hydrogens is 314 g/mol. The van der Waals surface area contributed by atoms with Gasteiger partial charge < -0.3 is 9.84 Å². The van der Waals surface area contributed by atoms with E-state index < -0.39 is 0 Å². The van der Waals surface area contributed by atoms with E-state index in [9.17, 15) is 5.11 Å². The molecule has 1 saturated heterocycles. The van der Waals surface area contributed by atoms with Crippen LogP contribution < -0.4 is 0 Å². The summed E-state index contributed by atoms with van der Waals surface area (Å²) in [5.74, 6) is 0.426. The van der Waals surface area contributed by atoms with E-state index in [0.29, 0.717) is 12.5 Å². The molecule has 5 nitrogen and oxygen atoms in total. The number of aliphatic hydroxyl groups excluding tert-OH is 1. The van der Waals surface area contributed by atoms with Gasteiger partial charge in [-0.25, -0.2) is 0 Å². The molecule has 2 aromatic rings. The lowest BCUT2D eigenvalue weighted by Gasteiger charge is -2.35. The first-order valence-corrected chi connectivity index (χ1v) is 9.14. The van der Waals surface area contributed by atoms with Crippen LogP contribution in [0.3, 0.4) is 0 Å². The van der Waals surface area contributed by atoms with Gasteiger partial charge in [-0.05, 0) is 25.3 Å². The second-order valence-electron chi connectivity index (χ2n) is 7.09. The molecule has 0 spiro atoms. The maximum Gasteiger partial charge on any atom is 0.0895 e. The van der Waals surface area contributed by atoms with Gasteiger partial charge in [0.2, 0.25) is 0 Å². The number of ether oxygens (including phenoxy) is 1. The van der Waals surface area contributed by atoms with Crippen molar-refractivity contribution in [3.05, 3.63) is 53.3 Å². The molecular formula is C20H29N3O2. The molecule has 0 amide bonds. The van der Waals surface area contributed by atoms with Crippen LogP contribution in [0.5, 0.6) is 0 Å². The van der Waals surface area contributed by atoms with Crippen LogP contribution in [0.1, 0.15) is 35.6 Å². The molecule has 0 aliphatic carbocycles. The zero-order valence-electron chi connectivity index (χ0n) is 15.3. The SMILES string of the molecule is Cc1ccc(CN(CCO)C[C@@H]2CCCO[C@H]2c2cnn(C)c2)cc1. The highest BCUT2D eigenvalue weighted by Gasteiger charge is 2.30. The zero-order valence-corrected chi connectivity index (χ0v) is 15.3. The Bertz CT molecular complexity index is 653. The second-order valence-corrected chi connectivity index (χ2v) is 7.09. The minimum atomic E-state index is 0.0988. The smallest absolute Gasteiger partial charge is 0.0895 e. The van der Waals surface area contributed by atoms with Crippen molar-refractivity contribution in [3.63, 3.8) is 0 Å². The molecule has 1 N–H and O–H groups in total. The van der Waals surface area contributed by atoms with E-state index >= 15 is 0 Å². The van der Waals surface area contributed by atoms with Gasteiger partial charge in [-0.15, -0.1) is 0 Å². The van der Waals surface area contributed by atoms with Crippen molar-refractivity contribution < 1.29 is 9.84 Å². The Labute approximate surface area is 150 Å². The first-order valence-electron chi connectivity index (χ1n) is 9.14. The van der Waals surface area contributed by atoms with E-state index in [1.807, 2.05) is 17.9 Å². The Morgan fingerprint density at radius 2 is 2.12 bits per heavy atom. The quantitative estimate of drug-likeness (QED) is 0.840. The van der Waals surface area contributed by atoms with Crippen molar-refractivity contribution in [1.82, 2.24) is 14.7 Å². The number of hydrogen-bond donors (Lipinski definition) is 1. The van der Waals surface area contributed by atoms with E-state index in [1.54, 1.807) is 0 Å². The molecule has 1 aliphatic rings. The van der Waals surface area contributed by atoms with Crippen molar-refractivity contribution in [3.8, 4) is 0 Å². The Hall–Kier alpha value is -1.69. The summed E-state index contributed by atoms with van der Waals surface area (Å²) in [5, 5.41) is 13.8. The van der Waals surface area contributed by atoms with Gasteiger partial charge >= 0.3 is 0 Å². The average molecular weight is 343 g/mol. The van der Waals surface area contributed by atoms with Crippen LogP contribution in [-0.4, -0.2) is 46.1 Å². The number of aliphatic hydroxyl groups is 1. The van der Waals surface area contributed by atoms with Crippen LogP contribution in [0.4, 0.5) is 0 Å². The van der Waals surface area contributed by atoms with Crippen LogP contribution >= 0.6 is 0 Å². The maximum absolute atomic E-state index is 9.49. The molecule has 3 rings (SSSR count). The Morgan fingerprint density at radius 3 is 2.80 bits per heavy atom. The Balaban J connectivity index is 1.69. The molecule has 0 unspecified atom stereocenters. The van der Waals surface area contributed by atoms with Gasteiger partial charge in [0.25, 0.3) is 0 Å². The number of hydrogen-bond acceptors (Lipinski definition) is 4. The fourth-order valence-corrected chi connectivity index (χ4v) is 3.65. The predicted octanol–water partition coefficient (Wildman–Crippen LogP) is 2.69. The van der Waals surface area contributed by atoms with Gasteiger partial charge in [-0.2, -0.15) is 5.10 Å².